The van der Waals surface area contributed by atoms with Gasteiger partial charge in [0.05, 0.1) is 11.9 Å². The fourth-order valence-corrected chi connectivity index (χ4v) is 2.86. The van der Waals surface area contributed by atoms with Gasteiger partial charge < -0.3 is 10.2 Å². The van der Waals surface area contributed by atoms with E-state index in [-0.39, 0.29) is 14.6 Å². The highest BCUT2D eigenvalue weighted by Gasteiger charge is 2.17. The fraction of sp³-hybridized carbons (Fsp3) is 0. The highest BCUT2D eigenvalue weighted by Crippen LogP contribution is 2.30. The maximum Gasteiger partial charge on any atom is 0.270 e. The Balaban J connectivity index is 0.00000131. The Kier molecular flexibility index (Phi) is 3.99. The van der Waals surface area contributed by atoms with Gasteiger partial charge in [-0.05, 0) is 18.2 Å². The maximum absolute atomic E-state index is 5.97. The standard InChI is InChI=1S/C18H12BrN5O.2H2/c19-13-9-5-4-8-12(13)14-10-21-16(20)15(22-14)18-24-23-17(25-18)11-6-2-1-3-7-11;;/h1-10H,(H2,20,21);2*1H. The molecule has 0 atom stereocenters. The van der Waals surface area contributed by atoms with Gasteiger partial charge in [-0.1, -0.05) is 52.3 Å². The van der Waals surface area contributed by atoms with Crippen molar-refractivity contribution in [3.05, 3.63) is 65.3 Å². The van der Waals surface area contributed by atoms with Gasteiger partial charge in [0.15, 0.2) is 11.5 Å². The largest absolute Gasteiger partial charge is 0.414 e. The molecule has 0 radical (unpaired) electrons. The number of hydrogen-bond acceptors (Lipinski definition) is 6. The molecule has 0 amide bonds. The second-order valence-corrected chi connectivity index (χ2v) is 6.10. The van der Waals surface area contributed by atoms with Crippen LogP contribution >= 0.6 is 15.9 Å². The number of rotatable bonds is 3. The Labute approximate surface area is 154 Å². The summed E-state index contributed by atoms with van der Waals surface area (Å²) in [6.45, 7) is 0. The van der Waals surface area contributed by atoms with Crippen molar-refractivity contribution in [1.29, 1.82) is 0 Å². The van der Waals surface area contributed by atoms with Gasteiger partial charge in [-0.2, -0.15) is 0 Å². The summed E-state index contributed by atoms with van der Waals surface area (Å²) in [4.78, 5) is 8.79. The van der Waals surface area contributed by atoms with E-state index >= 15 is 0 Å². The zero-order chi connectivity index (χ0) is 17.2. The van der Waals surface area contributed by atoms with Crippen LogP contribution in [0.5, 0.6) is 0 Å². The van der Waals surface area contributed by atoms with Crippen molar-refractivity contribution < 1.29 is 7.27 Å². The van der Waals surface area contributed by atoms with Gasteiger partial charge in [-0.15, -0.1) is 10.2 Å². The molecule has 25 heavy (non-hydrogen) atoms. The molecule has 0 fully saturated rings. The summed E-state index contributed by atoms with van der Waals surface area (Å²) in [5.74, 6) is 0.875. The van der Waals surface area contributed by atoms with E-state index < -0.39 is 0 Å². The van der Waals surface area contributed by atoms with Crippen molar-refractivity contribution in [3.63, 3.8) is 0 Å². The van der Waals surface area contributed by atoms with Gasteiger partial charge in [0.1, 0.15) is 0 Å². The lowest BCUT2D eigenvalue weighted by Gasteiger charge is -2.06. The third kappa shape index (κ3) is 3.01. The Hall–Kier alpha value is -3.06. The van der Waals surface area contributed by atoms with Crippen LogP contribution in [0.4, 0.5) is 5.82 Å². The highest BCUT2D eigenvalue weighted by molar-refractivity contribution is 9.10. The molecule has 4 aromatic rings. The predicted octanol–water partition coefficient (Wildman–Crippen LogP) is 4.70. The summed E-state index contributed by atoms with van der Waals surface area (Å²) in [7, 11) is 0. The van der Waals surface area contributed by atoms with Crippen LogP contribution < -0.4 is 5.73 Å². The van der Waals surface area contributed by atoms with Crippen molar-refractivity contribution >= 4 is 21.7 Å². The zero-order valence-corrected chi connectivity index (χ0v) is 14.5. The van der Waals surface area contributed by atoms with E-state index in [0.29, 0.717) is 17.3 Å². The first kappa shape index (κ1) is 15.5. The Morgan fingerprint density at radius 2 is 1.64 bits per heavy atom. The average Bonchev–Trinajstić information content (AvgIpc) is 3.13. The number of anilines is 1. The maximum atomic E-state index is 5.97. The summed E-state index contributed by atoms with van der Waals surface area (Å²) in [5, 5.41) is 8.14. The van der Waals surface area contributed by atoms with Crippen LogP contribution in [-0.4, -0.2) is 20.2 Å². The molecule has 6 nitrogen and oxygen atoms in total. The van der Waals surface area contributed by atoms with Gasteiger partial charge in [0, 0.05) is 18.5 Å². The number of hydrogen-bond donors (Lipinski definition) is 1. The first-order chi connectivity index (χ1) is 12.2. The van der Waals surface area contributed by atoms with Crippen molar-refractivity contribution in [2.45, 2.75) is 0 Å². The minimum Gasteiger partial charge on any atom is -0.414 e. The molecule has 2 aromatic heterocycles. The predicted molar refractivity (Wildman–Crippen MR) is 103 cm³/mol. The molecule has 0 aliphatic carbocycles. The highest BCUT2D eigenvalue weighted by atomic mass is 79.9. The van der Waals surface area contributed by atoms with Crippen LogP contribution in [0.1, 0.15) is 2.85 Å². The van der Waals surface area contributed by atoms with Gasteiger partial charge in [-0.3, -0.25) is 0 Å². The fourth-order valence-electron chi connectivity index (χ4n) is 2.37. The van der Waals surface area contributed by atoms with Gasteiger partial charge in [-0.25, -0.2) is 9.97 Å². The molecular weight excluding hydrogens is 382 g/mol. The Morgan fingerprint density at radius 3 is 2.44 bits per heavy atom. The number of aromatic nitrogens is 4. The summed E-state index contributed by atoms with van der Waals surface area (Å²) in [6, 6.07) is 17.3. The van der Waals surface area contributed by atoms with Gasteiger partial charge >= 0.3 is 0 Å². The van der Waals surface area contributed by atoms with Crippen LogP contribution in [0.25, 0.3) is 34.3 Å². The van der Waals surface area contributed by atoms with Crippen LogP contribution in [0.2, 0.25) is 0 Å². The lowest BCUT2D eigenvalue weighted by atomic mass is 10.1. The van der Waals surface area contributed by atoms with Crippen LogP contribution in [0.15, 0.2) is 69.7 Å². The number of nitrogen functional groups attached to an aromatic ring is 1. The normalized spacial score (nSPS) is 10.8. The van der Waals surface area contributed by atoms with Crippen molar-refractivity contribution in [2.75, 3.05) is 5.73 Å². The summed E-state index contributed by atoms with van der Waals surface area (Å²) in [5.41, 5.74) is 8.73. The average molecular weight is 398 g/mol. The molecule has 0 unspecified atom stereocenters. The number of benzene rings is 2. The van der Waals surface area contributed by atoms with Crippen LogP contribution in [0, 0.1) is 0 Å². The minimum absolute atomic E-state index is 0. The van der Waals surface area contributed by atoms with E-state index in [1.807, 2.05) is 54.6 Å². The van der Waals surface area contributed by atoms with Crippen molar-refractivity contribution in [3.8, 4) is 34.3 Å². The molecule has 0 saturated carbocycles. The van der Waals surface area contributed by atoms with E-state index in [2.05, 4.69) is 36.1 Å². The number of nitrogens with two attached hydrogens (primary N) is 1. The zero-order valence-electron chi connectivity index (χ0n) is 12.9. The topological polar surface area (TPSA) is 90.7 Å². The molecule has 4 rings (SSSR count). The third-order valence-electron chi connectivity index (χ3n) is 3.60. The van der Waals surface area contributed by atoms with E-state index in [4.69, 9.17) is 10.2 Å². The summed E-state index contributed by atoms with van der Waals surface area (Å²) in [6.07, 6.45) is 1.62. The molecular formula is C18H16BrN5O. The molecule has 7 heteroatoms. The van der Waals surface area contributed by atoms with E-state index in [1.165, 1.54) is 0 Å². The monoisotopic (exact) mass is 397 g/mol. The molecule has 2 N–H and O–H groups in total. The lowest BCUT2D eigenvalue weighted by molar-refractivity contribution is 0.582. The molecule has 126 valence electrons. The molecule has 0 spiro atoms. The SMILES string of the molecule is Nc1ncc(-c2ccccc2Br)nc1-c1nnc(-c2ccccc2)o1.[HH].[HH]. The second-order valence-electron chi connectivity index (χ2n) is 5.25. The molecule has 0 bridgehead atoms. The number of halogens is 1. The molecule has 2 heterocycles. The first-order valence-electron chi connectivity index (χ1n) is 7.49. The van der Waals surface area contributed by atoms with E-state index in [1.54, 1.807) is 6.20 Å². The molecule has 0 aliphatic rings. The lowest BCUT2D eigenvalue weighted by Crippen LogP contribution is -1.99. The van der Waals surface area contributed by atoms with E-state index in [0.717, 1.165) is 15.6 Å². The summed E-state index contributed by atoms with van der Waals surface area (Å²) < 4.78 is 6.65. The second kappa shape index (κ2) is 6.45. The smallest absolute Gasteiger partial charge is 0.270 e. The number of nitrogens with zero attached hydrogens (tertiary/aromatic N) is 4. The van der Waals surface area contributed by atoms with Crippen molar-refractivity contribution in [1.82, 2.24) is 20.2 Å². The molecule has 2 aromatic carbocycles. The van der Waals surface area contributed by atoms with E-state index in [9.17, 15) is 0 Å². The van der Waals surface area contributed by atoms with Gasteiger partial charge in [0.2, 0.25) is 5.89 Å². The van der Waals surface area contributed by atoms with Crippen LogP contribution in [-0.2, 0) is 0 Å². The van der Waals surface area contributed by atoms with Crippen LogP contribution in [0.3, 0.4) is 0 Å². The third-order valence-corrected chi connectivity index (χ3v) is 4.29. The quantitative estimate of drug-likeness (QED) is 0.538. The van der Waals surface area contributed by atoms with Crippen molar-refractivity contribution in [2.24, 2.45) is 0 Å². The molecule has 0 aliphatic heterocycles. The summed E-state index contributed by atoms with van der Waals surface area (Å²) >= 11 is 3.52. The van der Waals surface area contributed by atoms with Gasteiger partial charge in [0.25, 0.3) is 5.89 Å². The Morgan fingerprint density at radius 1 is 0.920 bits per heavy atom. The first-order valence-corrected chi connectivity index (χ1v) is 8.28. The Bertz CT molecular complexity index is 1040. The molecule has 0 saturated heterocycles. The minimum atomic E-state index is 0.